The van der Waals surface area contributed by atoms with Crippen LogP contribution in [-0.2, 0) is 18.3 Å². The van der Waals surface area contributed by atoms with Gasteiger partial charge in [-0.1, -0.05) is 42.5 Å². The third-order valence-corrected chi connectivity index (χ3v) is 4.10. The first-order valence-corrected chi connectivity index (χ1v) is 7.92. The molecule has 3 aromatic rings. The van der Waals surface area contributed by atoms with Crippen molar-refractivity contribution in [3.05, 3.63) is 76.2 Å². The zero-order valence-electron chi connectivity index (χ0n) is 14.4. The van der Waals surface area contributed by atoms with E-state index in [1.54, 1.807) is 18.7 Å². The number of hydrogen-bond donors (Lipinski definition) is 1. The Morgan fingerprint density at radius 3 is 2.52 bits per heavy atom. The van der Waals surface area contributed by atoms with Gasteiger partial charge in [0.1, 0.15) is 5.69 Å². The number of aromatic nitrogens is 2. The van der Waals surface area contributed by atoms with Gasteiger partial charge in [-0.2, -0.15) is 13.5 Å². The maximum atomic E-state index is 12.5. The summed E-state index contributed by atoms with van der Waals surface area (Å²) in [4.78, 5) is 17.0. The second-order valence-corrected chi connectivity index (χ2v) is 5.71. The maximum Gasteiger partial charge on any atom is 0.273 e. The van der Waals surface area contributed by atoms with Crippen LogP contribution in [0.4, 0.5) is 0 Å². The van der Waals surface area contributed by atoms with Crippen LogP contribution in [0.5, 0.6) is 0 Å². The molecule has 1 aromatic heterocycles. The van der Waals surface area contributed by atoms with Crippen LogP contribution in [-0.4, -0.2) is 23.3 Å². The van der Waals surface area contributed by atoms with Gasteiger partial charge in [-0.3, -0.25) is 4.79 Å². The third kappa shape index (κ3) is 4.28. The number of rotatable bonds is 6. The Kier molecular flexibility index (Phi) is 6.75. The van der Waals surface area contributed by atoms with E-state index in [4.69, 9.17) is 4.74 Å². The Bertz CT molecular complexity index is 881. The Morgan fingerprint density at radius 1 is 1.12 bits per heavy atom. The molecule has 3 rings (SSSR count). The van der Waals surface area contributed by atoms with Gasteiger partial charge in [-0.15, -0.1) is 0 Å². The number of nitrogens with zero attached hydrogens (tertiary/aromatic N) is 2. The zero-order chi connectivity index (χ0) is 16.9. The number of aryl methyl sites for hydroxylation is 1. The number of fused-ring (bicyclic) bond motifs is 1. The minimum atomic E-state index is -0.0783. The van der Waals surface area contributed by atoms with Crippen LogP contribution >= 0.6 is 13.5 Å². The summed E-state index contributed by atoms with van der Waals surface area (Å²) in [5, 5.41) is 3.39. The fourth-order valence-electron chi connectivity index (χ4n) is 2.80. The fourth-order valence-corrected chi connectivity index (χ4v) is 2.80. The molecule has 0 bridgehead atoms. The SMILES string of the molecule is COC[C@@H](NCc1nc2ccccc2n(C)c1=O)c1ccccc1.S. The summed E-state index contributed by atoms with van der Waals surface area (Å²) < 4.78 is 6.95. The lowest BCUT2D eigenvalue weighted by atomic mass is 10.1. The quantitative estimate of drug-likeness (QED) is 0.737. The van der Waals surface area contributed by atoms with Crippen LogP contribution < -0.4 is 10.9 Å². The molecule has 2 aromatic carbocycles. The fraction of sp³-hybridized carbons (Fsp3) is 0.263. The predicted octanol–water partition coefficient (Wildman–Crippen LogP) is 2.52. The summed E-state index contributed by atoms with van der Waals surface area (Å²) in [5.41, 5.74) is 3.21. The van der Waals surface area contributed by atoms with E-state index < -0.39 is 0 Å². The standard InChI is InChI=1S/C19H21N3O2.H2S/c1-22-18-11-7-6-10-15(18)21-16(19(22)23)12-20-17(13-24-2)14-8-4-3-5-9-14;/h3-11,17,20H,12-13H2,1-2H3;1H2/t17-;/m1./s1. The van der Waals surface area contributed by atoms with Crippen molar-refractivity contribution in [2.45, 2.75) is 12.6 Å². The van der Waals surface area contributed by atoms with Crippen LogP contribution in [0.15, 0.2) is 59.4 Å². The van der Waals surface area contributed by atoms with Gasteiger partial charge in [0.2, 0.25) is 0 Å². The summed E-state index contributed by atoms with van der Waals surface area (Å²) in [7, 11) is 3.45. The van der Waals surface area contributed by atoms with Crippen molar-refractivity contribution in [1.29, 1.82) is 0 Å². The summed E-state index contributed by atoms with van der Waals surface area (Å²) >= 11 is 0. The number of nitrogens with one attached hydrogen (secondary N) is 1. The molecule has 132 valence electrons. The van der Waals surface area contributed by atoms with E-state index in [1.807, 2.05) is 54.6 Å². The Balaban J connectivity index is 0.00000225. The van der Waals surface area contributed by atoms with Gasteiger partial charge in [-0.25, -0.2) is 4.98 Å². The van der Waals surface area contributed by atoms with E-state index in [1.165, 1.54) is 0 Å². The molecule has 1 heterocycles. The number of methoxy groups -OCH3 is 1. The lowest BCUT2D eigenvalue weighted by Gasteiger charge is -2.18. The van der Waals surface area contributed by atoms with Gasteiger partial charge in [0.15, 0.2) is 0 Å². The molecule has 0 spiro atoms. The van der Waals surface area contributed by atoms with Gasteiger partial charge in [-0.05, 0) is 17.7 Å². The van der Waals surface area contributed by atoms with Crippen LogP contribution in [0, 0.1) is 0 Å². The zero-order valence-corrected chi connectivity index (χ0v) is 15.4. The largest absolute Gasteiger partial charge is 0.383 e. The maximum absolute atomic E-state index is 12.5. The molecule has 0 aliphatic heterocycles. The van der Waals surface area contributed by atoms with Crippen molar-refractivity contribution in [2.75, 3.05) is 13.7 Å². The van der Waals surface area contributed by atoms with E-state index in [9.17, 15) is 4.79 Å². The Labute approximate surface area is 154 Å². The number of ether oxygens (including phenoxy) is 1. The van der Waals surface area contributed by atoms with Crippen molar-refractivity contribution in [3.8, 4) is 0 Å². The summed E-state index contributed by atoms with van der Waals surface area (Å²) in [6, 6.07) is 17.7. The Hall–Kier alpha value is -2.15. The average Bonchev–Trinajstić information content (AvgIpc) is 2.63. The molecule has 0 amide bonds. The second-order valence-electron chi connectivity index (χ2n) is 5.71. The van der Waals surface area contributed by atoms with Crippen LogP contribution in [0.3, 0.4) is 0 Å². The van der Waals surface area contributed by atoms with Crippen molar-refractivity contribution < 1.29 is 4.74 Å². The van der Waals surface area contributed by atoms with Crippen molar-refractivity contribution in [2.24, 2.45) is 7.05 Å². The molecule has 0 radical (unpaired) electrons. The topological polar surface area (TPSA) is 56.1 Å². The third-order valence-electron chi connectivity index (χ3n) is 4.10. The highest BCUT2D eigenvalue weighted by molar-refractivity contribution is 7.59. The molecule has 0 aliphatic carbocycles. The Morgan fingerprint density at radius 2 is 1.80 bits per heavy atom. The van der Waals surface area contributed by atoms with E-state index >= 15 is 0 Å². The molecule has 0 aliphatic rings. The predicted molar refractivity (Wildman–Crippen MR) is 105 cm³/mol. The first kappa shape index (κ1) is 19.2. The lowest BCUT2D eigenvalue weighted by molar-refractivity contribution is 0.166. The molecule has 0 saturated carbocycles. The van der Waals surface area contributed by atoms with Crippen molar-refractivity contribution >= 4 is 24.5 Å². The van der Waals surface area contributed by atoms with Gasteiger partial charge < -0.3 is 14.6 Å². The molecule has 5 nitrogen and oxygen atoms in total. The van der Waals surface area contributed by atoms with Gasteiger partial charge >= 0.3 is 0 Å². The highest BCUT2D eigenvalue weighted by Gasteiger charge is 2.13. The minimum absolute atomic E-state index is 0. The molecule has 1 atom stereocenters. The number of para-hydroxylation sites is 2. The van der Waals surface area contributed by atoms with E-state index in [-0.39, 0.29) is 25.1 Å². The number of hydrogen-bond acceptors (Lipinski definition) is 4. The van der Waals surface area contributed by atoms with Crippen molar-refractivity contribution in [1.82, 2.24) is 14.9 Å². The van der Waals surface area contributed by atoms with Gasteiger partial charge in [0.05, 0.1) is 23.7 Å². The minimum Gasteiger partial charge on any atom is -0.383 e. The van der Waals surface area contributed by atoms with Crippen LogP contribution in [0.25, 0.3) is 11.0 Å². The first-order valence-electron chi connectivity index (χ1n) is 7.92. The molecule has 6 heteroatoms. The first-order chi connectivity index (χ1) is 11.7. The van der Waals surface area contributed by atoms with E-state index in [0.717, 1.165) is 16.6 Å². The van der Waals surface area contributed by atoms with E-state index in [0.29, 0.717) is 18.8 Å². The molecule has 25 heavy (non-hydrogen) atoms. The smallest absolute Gasteiger partial charge is 0.273 e. The summed E-state index contributed by atoms with van der Waals surface area (Å²) in [5.74, 6) is 0. The molecule has 0 fully saturated rings. The lowest BCUT2D eigenvalue weighted by Crippen LogP contribution is -2.31. The molecule has 0 unspecified atom stereocenters. The molecule has 0 saturated heterocycles. The van der Waals surface area contributed by atoms with Gasteiger partial charge in [0.25, 0.3) is 5.56 Å². The normalized spacial score (nSPS) is 11.9. The van der Waals surface area contributed by atoms with Crippen LogP contribution in [0.2, 0.25) is 0 Å². The highest BCUT2D eigenvalue weighted by Crippen LogP contribution is 2.14. The van der Waals surface area contributed by atoms with Crippen molar-refractivity contribution in [3.63, 3.8) is 0 Å². The second kappa shape index (κ2) is 8.80. The van der Waals surface area contributed by atoms with Gasteiger partial charge in [0, 0.05) is 20.7 Å². The molecule has 1 N–H and O–H groups in total. The average molecular weight is 357 g/mol. The van der Waals surface area contributed by atoms with Crippen LogP contribution in [0.1, 0.15) is 17.3 Å². The molecular weight excluding hydrogens is 334 g/mol. The molecular formula is C19H23N3O2S. The summed E-state index contributed by atoms with van der Waals surface area (Å²) in [6.45, 7) is 0.915. The summed E-state index contributed by atoms with van der Waals surface area (Å²) in [6.07, 6.45) is 0. The van der Waals surface area contributed by atoms with E-state index in [2.05, 4.69) is 10.3 Å². The number of benzene rings is 2. The monoisotopic (exact) mass is 357 g/mol. The highest BCUT2D eigenvalue weighted by atomic mass is 32.1.